The molecule has 0 aliphatic heterocycles. The second-order valence-corrected chi connectivity index (χ2v) is 3.66. The van der Waals surface area contributed by atoms with Gasteiger partial charge in [-0.1, -0.05) is 6.07 Å². The van der Waals surface area contributed by atoms with E-state index in [0.717, 1.165) is 0 Å². The Balaban J connectivity index is 2.23. The summed E-state index contributed by atoms with van der Waals surface area (Å²) in [6.07, 6.45) is 1.45. The average molecular weight is 240 g/mol. The highest BCUT2D eigenvalue weighted by molar-refractivity contribution is 6.05. The summed E-state index contributed by atoms with van der Waals surface area (Å²) in [6.45, 7) is 0. The van der Waals surface area contributed by atoms with E-state index in [0.29, 0.717) is 22.3 Å². The van der Waals surface area contributed by atoms with Gasteiger partial charge in [-0.2, -0.15) is 4.68 Å². The van der Waals surface area contributed by atoms with Gasteiger partial charge in [0.05, 0.1) is 5.52 Å². The first-order valence-electron chi connectivity index (χ1n) is 5.18. The van der Waals surface area contributed by atoms with Gasteiger partial charge in [-0.15, -0.1) is 5.10 Å². The molecule has 0 bridgehead atoms. The summed E-state index contributed by atoms with van der Waals surface area (Å²) in [5.41, 5.74) is 6.42. The number of carbonyl (C=O) groups excluding carboxylic acids is 1. The van der Waals surface area contributed by atoms with Crippen molar-refractivity contribution in [1.29, 1.82) is 0 Å². The predicted molar refractivity (Wildman–Crippen MR) is 63.0 cm³/mol. The molecule has 18 heavy (non-hydrogen) atoms. The lowest BCUT2D eigenvalue weighted by Crippen LogP contribution is -2.11. The first-order chi connectivity index (χ1) is 8.75. The Labute approximate surface area is 101 Å². The minimum atomic E-state index is -0.474. The number of benzene rings is 1. The second kappa shape index (κ2) is 3.88. The molecule has 2 heterocycles. The number of primary amides is 1. The van der Waals surface area contributed by atoms with Crippen LogP contribution in [0, 0.1) is 0 Å². The molecular weight excluding hydrogens is 232 g/mol. The summed E-state index contributed by atoms with van der Waals surface area (Å²) in [5.74, 6) is 0.103. The normalized spacial score (nSPS) is 10.7. The van der Waals surface area contributed by atoms with Gasteiger partial charge in [-0.05, 0) is 34.7 Å². The number of hydrogen-bond acceptors (Lipinski definition) is 5. The molecule has 0 aliphatic carbocycles. The smallest absolute Gasteiger partial charge is 0.249 e. The van der Waals surface area contributed by atoms with Crippen molar-refractivity contribution in [3.05, 3.63) is 42.2 Å². The first kappa shape index (κ1) is 10.3. The highest BCUT2D eigenvalue weighted by Gasteiger charge is 2.08. The van der Waals surface area contributed by atoms with Crippen LogP contribution < -0.4 is 5.73 Å². The van der Waals surface area contributed by atoms with Gasteiger partial charge in [0.15, 0.2) is 5.82 Å². The zero-order valence-corrected chi connectivity index (χ0v) is 9.19. The summed E-state index contributed by atoms with van der Waals surface area (Å²) in [6, 6.07) is 8.71. The number of aromatic nitrogens is 5. The third-order valence-electron chi connectivity index (χ3n) is 2.57. The Morgan fingerprint density at radius 1 is 1.22 bits per heavy atom. The number of pyridine rings is 1. The van der Waals surface area contributed by atoms with E-state index in [1.54, 1.807) is 30.3 Å². The maximum Gasteiger partial charge on any atom is 0.249 e. The highest BCUT2D eigenvalue weighted by atomic mass is 16.1. The number of tetrazole rings is 1. The van der Waals surface area contributed by atoms with Crippen LogP contribution in [0.2, 0.25) is 0 Å². The molecule has 2 aromatic heterocycles. The van der Waals surface area contributed by atoms with Gasteiger partial charge in [0.25, 0.3) is 0 Å². The molecule has 0 unspecified atom stereocenters. The average Bonchev–Trinajstić information content (AvgIpc) is 2.91. The molecule has 0 fully saturated rings. The quantitative estimate of drug-likeness (QED) is 0.694. The van der Waals surface area contributed by atoms with Gasteiger partial charge in [0, 0.05) is 10.9 Å². The minimum Gasteiger partial charge on any atom is -0.366 e. The van der Waals surface area contributed by atoms with Crippen molar-refractivity contribution < 1.29 is 4.79 Å². The largest absolute Gasteiger partial charge is 0.366 e. The van der Waals surface area contributed by atoms with Crippen molar-refractivity contribution in [2.45, 2.75) is 0 Å². The van der Waals surface area contributed by atoms with Crippen molar-refractivity contribution in [2.75, 3.05) is 0 Å². The minimum absolute atomic E-state index is 0.447. The van der Waals surface area contributed by atoms with Crippen LogP contribution in [-0.2, 0) is 0 Å². The third kappa shape index (κ3) is 1.58. The standard InChI is InChI=1S/C11H8N6O/c12-11(18)8-2-1-3-9-7(8)4-5-10(14-9)17-6-13-15-16-17/h1-6H,(H2,12,18). The Morgan fingerprint density at radius 2 is 2.11 bits per heavy atom. The van der Waals surface area contributed by atoms with Crippen LogP contribution in [-0.4, -0.2) is 31.1 Å². The number of fused-ring (bicyclic) bond motifs is 1. The zero-order chi connectivity index (χ0) is 12.5. The van der Waals surface area contributed by atoms with Crippen LogP contribution in [0.1, 0.15) is 10.4 Å². The summed E-state index contributed by atoms with van der Waals surface area (Å²) in [7, 11) is 0. The second-order valence-electron chi connectivity index (χ2n) is 3.66. The predicted octanol–water partition coefficient (Wildman–Crippen LogP) is 0.309. The summed E-state index contributed by atoms with van der Waals surface area (Å²) >= 11 is 0. The van der Waals surface area contributed by atoms with Crippen molar-refractivity contribution in [2.24, 2.45) is 5.73 Å². The van der Waals surface area contributed by atoms with Crippen LogP contribution in [0.4, 0.5) is 0 Å². The summed E-state index contributed by atoms with van der Waals surface area (Å²) in [4.78, 5) is 15.7. The van der Waals surface area contributed by atoms with Crippen LogP contribution in [0.25, 0.3) is 16.7 Å². The van der Waals surface area contributed by atoms with Crippen molar-refractivity contribution in [1.82, 2.24) is 25.2 Å². The molecule has 0 radical (unpaired) electrons. The molecule has 2 N–H and O–H groups in total. The molecule has 7 nitrogen and oxygen atoms in total. The Bertz CT molecular complexity index is 721. The fourth-order valence-electron chi connectivity index (χ4n) is 1.75. The molecule has 1 amide bonds. The lowest BCUT2D eigenvalue weighted by atomic mass is 10.1. The van der Waals surface area contributed by atoms with Crippen molar-refractivity contribution >= 4 is 16.8 Å². The Hall–Kier alpha value is -2.83. The SMILES string of the molecule is NC(=O)c1cccc2nc(-n3cnnn3)ccc12. The van der Waals surface area contributed by atoms with Gasteiger partial charge in [-0.25, -0.2) is 4.98 Å². The molecule has 0 atom stereocenters. The molecule has 0 aliphatic rings. The number of carbonyl (C=O) groups is 1. The Kier molecular flexibility index (Phi) is 2.23. The topological polar surface area (TPSA) is 99.6 Å². The number of hydrogen-bond donors (Lipinski definition) is 1. The van der Waals surface area contributed by atoms with Crippen LogP contribution in [0.5, 0.6) is 0 Å². The molecule has 0 saturated carbocycles. The van der Waals surface area contributed by atoms with E-state index in [-0.39, 0.29) is 0 Å². The maximum absolute atomic E-state index is 11.3. The molecule has 0 saturated heterocycles. The number of nitrogens with zero attached hydrogens (tertiary/aromatic N) is 5. The molecule has 3 rings (SSSR count). The zero-order valence-electron chi connectivity index (χ0n) is 9.19. The van der Waals surface area contributed by atoms with Crippen molar-refractivity contribution in [3.8, 4) is 5.82 Å². The Morgan fingerprint density at radius 3 is 2.83 bits per heavy atom. The third-order valence-corrected chi connectivity index (χ3v) is 2.57. The van der Waals surface area contributed by atoms with Gasteiger partial charge in [0.2, 0.25) is 5.91 Å². The van der Waals surface area contributed by atoms with E-state index >= 15 is 0 Å². The fourth-order valence-corrected chi connectivity index (χ4v) is 1.75. The molecule has 3 aromatic rings. The maximum atomic E-state index is 11.3. The number of amides is 1. The molecule has 0 spiro atoms. The molecule has 88 valence electrons. The number of rotatable bonds is 2. The van der Waals surface area contributed by atoms with E-state index in [1.165, 1.54) is 11.0 Å². The van der Waals surface area contributed by atoms with Crippen LogP contribution in [0.3, 0.4) is 0 Å². The summed E-state index contributed by atoms with van der Waals surface area (Å²) in [5, 5.41) is 11.5. The fraction of sp³-hybridized carbons (Fsp3) is 0. The van der Waals surface area contributed by atoms with Crippen molar-refractivity contribution in [3.63, 3.8) is 0 Å². The van der Waals surface area contributed by atoms with E-state index in [1.807, 2.05) is 0 Å². The summed E-state index contributed by atoms with van der Waals surface area (Å²) < 4.78 is 1.44. The van der Waals surface area contributed by atoms with Gasteiger partial charge < -0.3 is 5.73 Å². The van der Waals surface area contributed by atoms with E-state index in [4.69, 9.17) is 5.73 Å². The lowest BCUT2D eigenvalue weighted by molar-refractivity contribution is 0.100. The lowest BCUT2D eigenvalue weighted by Gasteiger charge is -2.04. The van der Waals surface area contributed by atoms with Crippen LogP contribution >= 0.6 is 0 Å². The molecule has 1 aromatic carbocycles. The van der Waals surface area contributed by atoms with Gasteiger partial charge >= 0.3 is 0 Å². The van der Waals surface area contributed by atoms with Crippen LogP contribution in [0.15, 0.2) is 36.7 Å². The molecule has 7 heteroatoms. The van der Waals surface area contributed by atoms with E-state index in [2.05, 4.69) is 20.5 Å². The van der Waals surface area contributed by atoms with Gasteiger partial charge in [-0.3, -0.25) is 4.79 Å². The van der Waals surface area contributed by atoms with E-state index in [9.17, 15) is 4.79 Å². The number of nitrogens with two attached hydrogens (primary N) is 1. The van der Waals surface area contributed by atoms with Gasteiger partial charge in [0.1, 0.15) is 6.33 Å². The monoisotopic (exact) mass is 240 g/mol. The highest BCUT2D eigenvalue weighted by Crippen LogP contribution is 2.18. The van der Waals surface area contributed by atoms with E-state index < -0.39 is 5.91 Å². The first-order valence-corrected chi connectivity index (χ1v) is 5.18. The molecular formula is C11H8N6O.